The van der Waals surface area contributed by atoms with Gasteiger partial charge in [-0.2, -0.15) is 0 Å². The number of aromatic nitrogens is 2. The molecule has 0 unspecified atom stereocenters. The van der Waals surface area contributed by atoms with E-state index < -0.39 is 23.5 Å². The van der Waals surface area contributed by atoms with Crippen LogP contribution in [0.15, 0.2) is 60.7 Å². The summed E-state index contributed by atoms with van der Waals surface area (Å²) in [5.74, 6) is -1.91. The quantitative estimate of drug-likeness (QED) is 0.384. The topological polar surface area (TPSA) is 72.3 Å². The number of imide groups is 1. The van der Waals surface area contributed by atoms with Crippen molar-refractivity contribution in [1.82, 2.24) is 14.5 Å². The van der Waals surface area contributed by atoms with E-state index in [0.717, 1.165) is 4.90 Å². The zero-order valence-corrected chi connectivity index (χ0v) is 18.4. The minimum Gasteiger partial charge on any atom is -0.274 e. The second-order valence-electron chi connectivity index (χ2n) is 7.46. The lowest BCUT2D eigenvalue weighted by Gasteiger charge is -2.14. The first-order valence-corrected chi connectivity index (χ1v) is 10.7. The molecule has 2 heterocycles. The molecule has 0 bridgehead atoms. The summed E-state index contributed by atoms with van der Waals surface area (Å²) in [7, 11) is 0. The first-order chi connectivity index (χ1) is 15.9. The minimum atomic E-state index is -0.685. The number of amides is 2. The van der Waals surface area contributed by atoms with Gasteiger partial charge in [0, 0.05) is 13.0 Å². The molecule has 0 spiro atoms. The van der Waals surface area contributed by atoms with Gasteiger partial charge in [0.1, 0.15) is 11.6 Å². The molecule has 5 rings (SSSR count). The lowest BCUT2D eigenvalue weighted by molar-refractivity contribution is 0.0655. The predicted octanol–water partition coefficient (Wildman–Crippen LogP) is 5.01. The lowest BCUT2D eigenvalue weighted by atomic mass is 10.1. The molecule has 0 radical (unpaired) electrons. The highest BCUT2D eigenvalue weighted by atomic mass is 35.5. The molecule has 2 amide bonds. The van der Waals surface area contributed by atoms with E-state index in [-0.39, 0.29) is 34.4 Å². The molecule has 6 nitrogen and oxygen atoms in total. The summed E-state index contributed by atoms with van der Waals surface area (Å²) >= 11 is 12.3. The molecule has 0 saturated heterocycles. The van der Waals surface area contributed by atoms with E-state index in [4.69, 9.17) is 23.2 Å². The number of halogens is 3. The van der Waals surface area contributed by atoms with Gasteiger partial charge in [-0.15, -0.1) is 0 Å². The zero-order chi connectivity index (χ0) is 23.3. The summed E-state index contributed by atoms with van der Waals surface area (Å²) in [6, 6.07) is 15.2. The third kappa shape index (κ3) is 3.50. The molecular weight excluding hydrogens is 468 g/mol. The number of hydrogen-bond donors (Lipinski definition) is 0. The number of benzene rings is 3. The number of nitrogens with zero attached hydrogens (tertiary/aromatic N) is 3. The Morgan fingerprint density at radius 3 is 2.18 bits per heavy atom. The maximum absolute atomic E-state index is 14.4. The molecule has 0 N–H and O–H groups in total. The predicted molar refractivity (Wildman–Crippen MR) is 121 cm³/mol. The van der Waals surface area contributed by atoms with Gasteiger partial charge < -0.3 is 0 Å². The van der Waals surface area contributed by atoms with Gasteiger partial charge in [-0.05, 0) is 36.4 Å². The third-order valence-corrected chi connectivity index (χ3v) is 6.23. The Morgan fingerprint density at radius 1 is 0.909 bits per heavy atom. The van der Waals surface area contributed by atoms with Crippen molar-refractivity contribution in [3.8, 4) is 0 Å². The summed E-state index contributed by atoms with van der Waals surface area (Å²) in [5, 5.41) is 0.456. The maximum atomic E-state index is 14.4. The van der Waals surface area contributed by atoms with Gasteiger partial charge in [0.25, 0.3) is 17.7 Å². The molecule has 1 aliphatic rings. The van der Waals surface area contributed by atoms with Gasteiger partial charge in [-0.25, -0.2) is 9.37 Å². The number of rotatable bonds is 4. The van der Waals surface area contributed by atoms with Crippen LogP contribution in [0, 0.1) is 5.82 Å². The Labute approximate surface area is 197 Å². The van der Waals surface area contributed by atoms with Gasteiger partial charge in [0.05, 0.1) is 37.8 Å². The number of imidazole rings is 1. The smallest absolute Gasteiger partial charge is 0.266 e. The van der Waals surface area contributed by atoms with Crippen molar-refractivity contribution in [2.45, 2.75) is 6.42 Å². The fraction of sp³-hybridized carbons (Fsp3) is 0.0833. The molecule has 33 heavy (non-hydrogen) atoms. The van der Waals surface area contributed by atoms with Crippen molar-refractivity contribution in [1.29, 1.82) is 0 Å². The first kappa shape index (κ1) is 21.3. The van der Waals surface area contributed by atoms with Gasteiger partial charge >= 0.3 is 0 Å². The second kappa shape index (κ2) is 8.10. The molecule has 1 aliphatic heterocycles. The fourth-order valence-electron chi connectivity index (χ4n) is 3.93. The molecule has 0 saturated carbocycles. The highest BCUT2D eigenvalue weighted by Gasteiger charge is 2.35. The Hall–Kier alpha value is -3.55. The maximum Gasteiger partial charge on any atom is 0.266 e. The van der Waals surface area contributed by atoms with Crippen molar-refractivity contribution < 1.29 is 18.8 Å². The standard InChI is InChI=1S/C24H14Cl2FN3O3/c25-16-11-19-20(12-17(16)26)30(24(33)15-7-3-4-8-18(15)27)21(28-19)9-10-29-22(31)13-5-1-2-6-14(13)23(29)32/h1-8,11-12H,9-10H2. The van der Waals surface area contributed by atoms with Gasteiger partial charge in [-0.1, -0.05) is 47.5 Å². The molecule has 3 aromatic carbocycles. The highest BCUT2D eigenvalue weighted by Crippen LogP contribution is 2.30. The average Bonchev–Trinajstić information content (AvgIpc) is 3.27. The van der Waals surface area contributed by atoms with Gasteiger partial charge in [-0.3, -0.25) is 23.9 Å². The molecule has 0 aliphatic carbocycles. The molecular formula is C24H14Cl2FN3O3. The average molecular weight is 482 g/mol. The van der Waals surface area contributed by atoms with Crippen molar-refractivity contribution in [3.05, 3.63) is 99.0 Å². The zero-order valence-electron chi connectivity index (χ0n) is 16.9. The van der Waals surface area contributed by atoms with Crippen molar-refractivity contribution >= 4 is 52.0 Å². The van der Waals surface area contributed by atoms with Crippen LogP contribution in [-0.2, 0) is 6.42 Å². The van der Waals surface area contributed by atoms with Crippen LogP contribution in [-0.4, -0.2) is 38.7 Å². The van der Waals surface area contributed by atoms with Crippen molar-refractivity contribution in [2.24, 2.45) is 0 Å². The van der Waals surface area contributed by atoms with Crippen molar-refractivity contribution in [2.75, 3.05) is 6.54 Å². The molecule has 1 aromatic heterocycles. The van der Waals surface area contributed by atoms with Gasteiger partial charge in [0.2, 0.25) is 0 Å². The number of fused-ring (bicyclic) bond motifs is 2. The fourth-order valence-corrected chi connectivity index (χ4v) is 4.24. The molecule has 9 heteroatoms. The van der Waals surface area contributed by atoms with E-state index in [1.807, 2.05) is 0 Å². The SMILES string of the molecule is O=C1c2ccccc2C(=O)N1CCc1nc2cc(Cl)c(Cl)cc2n1C(=O)c1ccccc1F. The summed E-state index contributed by atoms with van der Waals surface area (Å²) in [4.78, 5) is 44.3. The second-order valence-corrected chi connectivity index (χ2v) is 8.28. The van der Waals surface area contributed by atoms with Crippen LogP contribution < -0.4 is 0 Å². The molecule has 4 aromatic rings. The molecule has 0 fully saturated rings. The normalized spacial score (nSPS) is 13.1. The summed E-state index contributed by atoms with van der Waals surface area (Å²) in [6.07, 6.45) is 0.0651. The van der Waals surface area contributed by atoms with Crippen LogP contribution >= 0.6 is 23.2 Å². The number of hydrogen-bond acceptors (Lipinski definition) is 4. The van der Waals surface area contributed by atoms with Crippen LogP contribution in [0.2, 0.25) is 10.0 Å². The van der Waals surface area contributed by atoms with E-state index in [0.29, 0.717) is 22.2 Å². The summed E-state index contributed by atoms with van der Waals surface area (Å²) in [6.45, 7) is -0.0122. The van der Waals surface area contributed by atoms with E-state index in [1.165, 1.54) is 34.9 Å². The minimum absolute atomic E-state index is 0.0122. The van der Waals surface area contributed by atoms with Crippen LogP contribution in [0.1, 0.15) is 36.9 Å². The molecule has 0 atom stereocenters. The van der Waals surface area contributed by atoms with Crippen molar-refractivity contribution in [3.63, 3.8) is 0 Å². The van der Waals surface area contributed by atoms with E-state index in [1.54, 1.807) is 30.3 Å². The third-order valence-electron chi connectivity index (χ3n) is 5.51. The monoisotopic (exact) mass is 481 g/mol. The first-order valence-electron chi connectivity index (χ1n) is 9.97. The summed E-state index contributed by atoms with van der Waals surface area (Å²) < 4.78 is 15.6. The van der Waals surface area contributed by atoms with E-state index in [9.17, 15) is 18.8 Å². The lowest BCUT2D eigenvalue weighted by Crippen LogP contribution is -2.32. The van der Waals surface area contributed by atoms with Crippen LogP contribution in [0.5, 0.6) is 0 Å². The number of carbonyl (C=O) groups is 3. The Bertz CT molecular complexity index is 1450. The van der Waals surface area contributed by atoms with E-state index in [2.05, 4.69) is 4.98 Å². The number of carbonyl (C=O) groups excluding carboxylic acids is 3. The Balaban J connectivity index is 1.55. The largest absolute Gasteiger partial charge is 0.274 e. The highest BCUT2D eigenvalue weighted by molar-refractivity contribution is 6.42. The van der Waals surface area contributed by atoms with Gasteiger partial charge in [0.15, 0.2) is 0 Å². The van der Waals surface area contributed by atoms with Crippen LogP contribution in [0.3, 0.4) is 0 Å². The van der Waals surface area contributed by atoms with E-state index >= 15 is 0 Å². The Kier molecular flexibility index (Phi) is 5.23. The Morgan fingerprint density at radius 2 is 1.52 bits per heavy atom. The molecule has 164 valence electrons. The summed E-state index contributed by atoms with van der Waals surface area (Å²) in [5.41, 5.74) is 1.24. The van der Waals surface area contributed by atoms with Crippen LogP contribution in [0.4, 0.5) is 4.39 Å². The van der Waals surface area contributed by atoms with Crippen LogP contribution in [0.25, 0.3) is 11.0 Å².